The third-order valence-electron chi connectivity index (χ3n) is 5.23. The molecule has 2 N–H and O–H groups in total. The first-order valence-electron chi connectivity index (χ1n) is 10.1. The van der Waals surface area contributed by atoms with Crippen molar-refractivity contribution in [2.24, 2.45) is 10.9 Å². The van der Waals surface area contributed by atoms with Gasteiger partial charge in [0.2, 0.25) is 5.91 Å². The van der Waals surface area contributed by atoms with Crippen LogP contribution in [0.25, 0.3) is 0 Å². The van der Waals surface area contributed by atoms with E-state index in [-0.39, 0.29) is 41.8 Å². The van der Waals surface area contributed by atoms with E-state index < -0.39 is 0 Å². The maximum atomic E-state index is 12.2. The number of amides is 1. The fourth-order valence-corrected chi connectivity index (χ4v) is 3.76. The Balaban J connectivity index is 0.00000280. The van der Waals surface area contributed by atoms with Gasteiger partial charge >= 0.3 is 0 Å². The van der Waals surface area contributed by atoms with Crippen molar-refractivity contribution in [3.8, 4) is 5.75 Å². The Hall–Kier alpha value is -1.51. The topological polar surface area (TPSA) is 66.0 Å². The first-order chi connectivity index (χ1) is 13.1. The number of hydrogen-bond donors (Lipinski definition) is 2. The maximum absolute atomic E-state index is 12.2. The highest BCUT2D eigenvalue weighted by Crippen LogP contribution is 2.33. The molecule has 0 spiro atoms. The number of aliphatic imine (C=N–C) groups is 1. The van der Waals surface area contributed by atoms with Gasteiger partial charge in [0.25, 0.3) is 0 Å². The fraction of sp³-hybridized carbons (Fsp3) is 0.619. The molecule has 0 radical (unpaired) electrons. The van der Waals surface area contributed by atoms with Crippen LogP contribution in [0.15, 0.2) is 29.3 Å². The zero-order valence-corrected chi connectivity index (χ0v) is 19.4. The van der Waals surface area contributed by atoms with Gasteiger partial charge in [-0.3, -0.25) is 9.79 Å². The van der Waals surface area contributed by atoms with Gasteiger partial charge in [-0.2, -0.15) is 0 Å². The largest absolute Gasteiger partial charge is 0.493 e. The lowest BCUT2D eigenvalue weighted by Gasteiger charge is -2.25. The number of carbonyl (C=O) groups excluding carboxylic acids is 1. The van der Waals surface area contributed by atoms with Gasteiger partial charge in [0.05, 0.1) is 6.61 Å². The van der Waals surface area contributed by atoms with Crippen molar-refractivity contribution in [1.29, 1.82) is 0 Å². The molecule has 7 heteroatoms. The number of carbonyl (C=O) groups is 1. The number of halogens is 1. The van der Waals surface area contributed by atoms with Crippen LogP contribution in [0, 0.1) is 5.92 Å². The van der Waals surface area contributed by atoms with Gasteiger partial charge in [-0.05, 0) is 31.4 Å². The zero-order chi connectivity index (χ0) is 19.2. The molecule has 1 aromatic rings. The Morgan fingerprint density at radius 3 is 2.86 bits per heavy atom. The SMILES string of the molecule is CCNC(=NCC1CCOc2ccccc21)NC1CCN(C(=O)C(C)C)C1.I. The molecule has 0 bridgehead atoms. The van der Waals surface area contributed by atoms with Crippen molar-refractivity contribution in [1.82, 2.24) is 15.5 Å². The Morgan fingerprint density at radius 2 is 2.11 bits per heavy atom. The number of nitrogens with one attached hydrogen (secondary N) is 2. The third kappa shape index (κ3) is 5.75. The number of benzene rings is 1. The van der Waals surface area contributed by atoms with Gasteiger partial charge in [-0.25, -0.2) is 0 Å². The summed E-state index contributed by atoms with van der Waals surface area (Å²) >= 11 is 0. The molecule has 2 aliphatic heterocycles. The molecular formula is C21H33IN4O2. The van der Waals surface area contributed by atoms with E-state index in [1.54, 1.807) is 0 Å². The molecule has 0 aliphatic carbocycles. The summed E-state index contributed by atoms with van der Waals surface area (Å²) in [6, 6.07) is 8.51. The van der Waals surface area contributed by atoms with Gasteiger partial charge in [-0.15, -0.1) is 24.0 Å². The number of fused-ring (bicyclic) bond motifs is 1. The average Bonchev–Trinajstić information content (AvgIpc) is 3.14. The number of rotatable bonds is 5. The Morgan fingerprint density at radius 1 is 1.32 bits per heavy atom. The predicted molar refractivity (Wildman–Crippen MR) is 124 cm³/mol. The Bertz CT molecular complexity index is 680. The molecule has 0 saturated carbocycles. The van der Waals surface area contributed by atoms with E-state index in [2.05, 4.69) is 29.7 Å². The van der Waals surface area contributed by atoms with Crippen molar-refractivity contribution >= 4 is 35.8 Å². The van der Waals surface area contributed by atoms with E-state index >= 15 is 0 Å². The third-order valence-corrected chi connectivity index (χ3v) is 5.23. The van der Waals surface area contributed by atoms with Crippen molar-refractivity contribution in [3.63, 3.8) is 0 Å². The molecule has 1 aromatic carbocycles. The highest BCUT2D eigenvalue weighted by Gasteiger charge is 2.28. The van der Waals surface area contributed by atoms with E-state index in [0.29, 0.717) is 5.92 Å². The van der Waals surface area contributed by atoms with Gasteiger partial charge in [0, 0.05) is 44.1 Å². The molecule has 2 unspecified atom stereocenters. The molecule has 1 fully saturated rings. The highest BCUT2D eigenvalue weighted by atomic mass is 127. The van der Waals surface area contributed by atoms with Gasteiger partial charge in [-0.1, -0.05) is 32.0 Å². The maximum Gasteiger partial charge on any atom is 0.225 e. The molecular weight excluding hydrogens is 467 g/mol. The highest BCUT2D eigenvalue weighted by molar-refractivity contribution is 14.0. The van der Waals surface area contributed by atoms with Crippen LogP contribution < -0.4 is 15.4 Å². The molecule has 2 aliphatic rings. The van der Waals surface area contributed by atoms with Crippen molar-refractivity contribution in [2.75, 3.05) is 32.8 Å². The van der Waals surface area contributed by atoms with Gasteiger partial charge in [0.1, 0.15) is 5.75 Å². The first-order valence-corrected chi connectivity index (χ1v) is 10.1. The van der Waals surface area contributed by atoms with E-state index in [1.165, 1.54) is 5.56 Å². The van der Waals surface area contributed by atoms with Crippen LogP contribution in [0.4, 0.5) is 0 Å². The fourth-order valence-electron chi connectivity index (χ4n) is 3.76. The minimum absolute atomic E-state index is 0. The number of para-hydroxylation sites is 1. The molecule has 1 saturated heterocycles. The van der Waals surface area contributed by atoms with Crippen molar-refractivity contribution < 1.29 is 9.53 Å². The van der Waals surface area contributed by atoms with Crippen LogP contribution in [0.5, 0.6) is 5.75 Å². The van der Waals surface area contributed by atoms with E-state index in [9.17, 15) is 4.79 Å². The first kappa shape index (κ1) is 22.8. The van der Waals surface area contributed by atoms with Gasteiger partial charge < -0.3 is 20.3 Å². The second-order valence-corrected chi connectivity index (χ2v) is 7.66. The van der Waals surface area contributed by atoms with Crippen molar-refractivity contribution in [3.05, 3.63) is 29.8 Å². The molecule has 2 atom stereocenters. The summed E-state index contributed by atoms with van der Waals surface area (Å²) in [6.45, 7) is 9.86. The smallest absolute Gasteiger partial charge is 0.225 e. The Labute approximate surface area is 185 Å². The summed E-state index contributed by atoms with van der Waals surface area (Å²) < 4.78 is 5.75. The second kappa shape index (κ2) is 10.9. The summed E-state index contributed by atoms with van der Waals surface area (Å²) in [6.07, 6.45) is 1.95. The number of likely N-dealkylation sites (tertiary alicyclic amines) is 1. The van der Waals surface area contributed by atoms with E-state index in [1.807, 2.05) is 30.9 Å². The summed E-state index contributed by atoms with van der Waals surface area (Å²) in [5.74, 6) is 2.50. The standard InChI is InChI=1S/C21H32N4O2.HI/c1-4-22-21(24-17-9-11-25(14-17)20(26)15(2)3)23-13-16-10-12-27-19-8-6-5-7-18(16)19;/h5-8,15-17H,4,9-14H2,1-3H3,(H2,22,23,24);1H. The van der Waals surface area contributed by atoms with Crippen LogP contribution >= 0.6 is 24.0 Å². The summed E-state index contributed by atoms with van der Waals surface area (Å²) in [7, 11) is 0. The van der Waals surface area contributed by atoms with Crippen LogP contribution in [0.2, 0.25) is 0 Å². The number of hydrogen-bond acceptors (Lipinski definition) is 3. The molecule has 6 nitrogen and oxygen atoms in total. The summed E-state index contributed by atoms with van der Waals surface area (Å²) in [5, 5.41) is 6.86. The minimum atomic E-state index is 0. The second-order valence-electron chi connectivity index (χ2n) is 7.66. The molecule has 28 heavy (non-hydrogen) atoms. The quantitative estimate of drug-likeness (QED) is 0.371. The number of nitrogens with zero attached hydrogens (tertiary/aromatic N) is 2. The number of guanidine groups is 1. The van der Waals surface area contributed by atoms with Crippen LogP contribution in [-0.4, -0.2) is 55.6 Å². The van der Waals surface area contributed by atoms with E-state index in [0.717, 1.165) is 57.3 Å². The molecule has 156 valence electrons. The monoisotopic (exact) mass is 500 g/mol. The predicted octanol–water partition coefficient (Wildman–Crippen LogP) is 2.98. The molecule has 3 rings (SSSR count). The van der Waals surface area contributed by atoms with Gasteiger partial charge in [0.15, 0.2) is 5.96 Å². The van der Waals surface area contributed by atoms with Crippen LogP contribution in [0.1, 0.15) is 45.1 Å². The molecule has 0 aromatic heterocycles. The minimum Gasteiger partial charge on any atom is -0.493 e. The average molecular weight is 500 g/mol. The lowest BCUT2D eigenvalue weighted by atomic mass is 9.93. The molecule has 2 heterocycles. The summed E-state index contributed by atoms with van der Waals surface area (Å²) in [4.78, 5) is 19.0. The normalized spacial score (nSPS) is 21.6. The van der Waals surface area contributed by atoms with E-state index in [4.69, 9.17) is 9.73 Å². The molecule has 1 amide bonds. The lowest BCUT2D eigenvalue weighted by Crippen LogP contribution is -2.45. The zero-order valence-electron chi connectivity index (χ0n) is 17.1. The van der Waals surface area contributed by atoms with Crippen LogP contribution in [-0.2, 0) is 4.79 Å². The Kier molecular flexibility index (Phi) is 8.85. The lowest BCUT2D eigenvalue weighted by molar-refractivity contribution is -0.133. The number of ether oxygens (including phenoxy) is 1. The van der Waals surface area contributed by atoms with Crippen LogP contribution in [0.3, 0.4) is 0 Å². The summed E-state index contributed by atoms with van der Waals surface area (Å²) in [5.41, 5.74) is 1.25. The van der Waals surface area contributed by atoms with Crippen molar-refractivity contribution in [2.45, 2.75) is 45.6 Å².